The maximum Gasteiger partial charge on any atom is 0.338 e. The Morgan fingerprint density at radius 3 is 2.68 bits per heavy atom. The van der Waals surface area contributed by atoms with Gasteiger partial charge < -0.3 is 10.4 Å². The maximum absolute atomic E-state index is 11.3. The number of anilines is 1. The second-order valence-electron chi connectivity index (χ2n) is 3.90. The number of pyridine rings is 1. The van der Waals surface area contributed by atoms with Crippen molar-refractivity contribution in [3.8, 4) is 0 Å². The average Bonchev–Trinajstić information content (AvgIpc) is 2.45. The van der Waals surface area contributed by atoms with Crippen LogP contribution in [0.3, 0.4) is 0 Å². The molecule has 0 saturated carbocycles. The fraction of sp³-hybridized carbons (Fsp3) is 0.143. The number of aromatic carboxylic acids is 1. The number of rotatable bonds is 5. The summed E-state index contributed by atoms with van der Waals surface area (Å²) in [5, 5.41) is 12.5. The summed E-state index contributed by atoms with van der Waals surface area (Å²) in [5.74, 6) is -0.915. The Morgan fingerprint density at radius 1 is 1.32 bits per heavy atom. The molecule has 4 nitrogen and oxygen atoms in total. The van der Waals surface area contributed by atoms with Gasteiger partial charge >= 0.3 is 5.97 Å². The average molecular weight is 274 g/mol. The maximum atomic E-state index is 11.3. The van der Waals surface area contributed by atoms with Crippen LogP contribution in [0.5, 0.6) is 0 Å². The minimum absolute atomic E-state index is 0.323. The molecular weight excluding hydrogens is 260 g/mol. The summed E-state index contributed by atoms with van der Waals surface area (Å²) in [6.45, 7) is 0.570. The second kappa shape index (κ2) is 6.24. The van der Waals surface area contributed by atoms with Crippen LogP contribution in [0.15, 0.2) is 47.6 Å². The van der Waals surface area contributed by atoms with E-state index in [2.05, 4.69) is 10.3 Å². The largest absolute Gasteiger partial charge is 0.478 e. The summed E-state index contributed by atoms with van der Waals surface area (Å²) >= 11 is 1.43. The molecular formula is C14H14N2O2S. The molecule has 0 radical (unpaired) electrons. The van der Waals surface area contributed by atoms with Crippen molar-refractivity contribution in [1.82, 2.24) is 4.98 Å². The highest BCUT2D eigenvalue weighted by Gasteiger charge is 2.14. The monoisotopic (exact) mass is 274 g/mol. The van der Waals surface area contributed by atoms with Crippen molar-refractivity contribution >= 4 is 23.4 Å². The quantitative estimate of drug-likeness (QED) is 0.820. The fourth-order valence-corrected chi connectivity index (χ4v) is 2.38. The molecule has 2 rings (SSSR count). The molecule has 0 aliphatic carbocycles. The Morgan fingerprint density at radius 2 is 2.05 bits per heavy atom. The number of benzene rings is 1. The minimum Gasteiger partial charge on any atom is -0.478 e. The van der Waals surface area contributed by atoms with E-state index in [9.17, 15) is 9.90 Å². The second-order valence-corrected chi connectivity index (χ2v) is 4.75. The van der Waals surface area contributed by atoms with E-state index in [4.69, 9.17) is 0 Å². The molecule has 98 valence electrons. The molecule has 0 amide bonds. The molecule has 0 spiro atoms. The molecule has 1 aromatic carbocycles. The lowest BCUT2D eigenvalue weighted by atomic mass is 10.1. The highest BCUT2D eigenvalue weighted by Crippen LogP contribution is 2.27. The van der Waals surface area contributed by atoms with Crippen molar-refractivity contribution in [2.75, 3.05) is 11.6 Å². The highest BCUT2D eigenvalue weighted by molar-refractivity contribution is 7.98. The molecule has 5 heteroatoms. The van der Waals surface area contributed by atoms with E-state index in [0.29, 0.717) is 17.8 Å². The molecule has 1 heterocycles. The molecule has 0 aliphatic rings. The van der Waals surface area contributed by atoms with Gasteiger partial charge in [0.15, 0.2) is 0 Å². The van der Waals surface area contributed by atoms with Crippen LogP contribution in [0.2, 0.25) is 0 Å². The third-order valence-electron chi connectivity index (χ3n) is 2.69. The van der Waals surface area contributed by atoms with Gasteiger partial charge in [-0.25, -0.2) is 4.79 Å². The number of aromatic nitrogens is 1. The summed E-state index contributed by atoms with van der Waals surface area (Å²) in [6.07, 6.45) is 5.30. The predicted octanol–water partition coefficient (Wildman–Crippen LogP) is 3.11. The molecule has 0 bridgehead atoms. The normalized spacial score (nSPS) is 10.2. The number of hydrogen-bond acceptors (Lipinski definition) is 4. The van der Waals surface area contributed by atoms with Crippen LogP contribution in [-0.2, 0) is 6.54 Å². The van der Waals surface area contributed by atoms with Crippen LogP contribution in [0.4, 0.5) is 5.69 Å². The first-order chi connectivity index (χ1) is 9.22. The summed E-state index contributed by atoms with van der Waals surface area (Å²) in [5.41, 5.74) is 2.01. The first kappa shape index (κ1) is 13.4. The molecule has 0 atom stereocenters. The lowest BCUT2D eigenvalue weighted by Gasteiger charge is -2.12. The Bertz CT molecular complexity index is 573. The highest BCUT2D eigenvalue weighted by atomic mass is 32.2. The minimum atomic E-state index is -0.915. The van der Waals surface area contributed by atoms with Gasteiger partial charge in [0, 0.05) is 23.8 Å². The topological polar surface area (TPSA) is 62.2 Å². The lowest BCUT2D eigenvalue weighted by molar-refractivity contribution is 0.0694. The van der Waals surface area contributed by atoms with E-state index in [1.165, 1.54) is 11.8 Å². The number of nitrogens with one attached hydrogen (secondary N) is 1. The third kappa shape index (κ3) is 3.26. The molecule has 0 fully saturated rings. The van der Waals surface area contributed by atoms with Crippen molar-refractivity contribution in [2.24, 2.45) is 0 Å². The van der Waals surface area contributed by atoms with Gasteiger partial charge in [0.25, 0.3) is 0 Å². The van der Waals surface area contributed by atoms with Crippen LogP contribution in [-0.4, -0.2) is 22.3 Å². The first-order valence-electron chi connectivity index (χ1n) is 5.75. The SMILES string of the molecule is CSc1cccc(NCc2ccncc2)c1C(=O)O. The van der Waals surface area contributed by atoms with E-state index < -0.39 is 5.97 Å². The number of carboxylic acid groups (broad SMARTS) is 1. The zero-order valence-electron chi connectivity index (χ0n) is 10.5. The van der Waals surface area contributed by atoms with Crippen molar-refractivity contribution in [2.45, 2.75) is 11.4 Å². The lowest BCUT2D eigenvalue weighted by Crippen LogP contribution is -2.07. The van der Waals surface area contributed by atoms with Crippen LogP contribution in [0.25, 0.3) is 0 Å². The molecule has 0 unspecified atom stereocenters. The zero-order chi connectivity index (χ0) is 13.7. The van der Waals surface area contributed by atoms with Crippen molar-refractivity contribution < 1.29 is 9.90 Å². The van der Waals surface area contributed by atoms with Gasteiger partial charge in [0.05, 0.1) is 11.3 Å². The molecule has 0 saturated heterocycles. The summed E-state index contributed by atoms with van der Waals surface area (Å²) in [7, 11) is 0. The molecule has 1 aromatic heterocycles. The smallest absolute Gasteiger partial charge is 0.338 e. The molecule has 19 heavy (non-hydrogen) atoms. The van der Waals surface area contributed by atoms with E-state index in [-0.39, 0.29) is 0 Å². The van der Waals surface area contributed by atoms with Gasteiger partial charge in [-0.05, 0) is 36.1 Å². The van der Waals surface area contributed by atoms with Crippen molar-refractivity contribution in [3.05, 3.63) is 53.9 Å². The Hall–Kier alpha value is -2.01. The van der Waals surface area contributed by atoms with Crippen LogP contribution >= 0.6 is 11.8 Å². The van der Waals surface area contributed by atoms with Crippen molar-refractivity contribution in [3.63, 3.8) is 0 Å². The van der Waals surface area contributed by atoms with E-state index >= 15 is 0 Å². The van der Waals surface area contributed by atoms with Gasteiger partial charge in [0.2, 0.25) is 0 Å². The standard InChI is InChI=1S/C14H14N2O2S/c1-19-12-4-2-3-11(13(12)14(17)18)16-9-10-5-7-15-8-6-10/h2-8,16H,9H2,1H3,(H,17,18). The van der Waals surface area contributed by atoms with Gasteiger partial charge in [-0.3, -0.25) is 4.98 Å². The van der Waals surface area contributed by atoms with Crippen LogP contribution < -0.4 is 5.32 Å². The Labute approximate surface area is 115 Å². The Balaban J connectivity index is 2.23. The van der Waals surface area contributed by atoms with Crippen LogP contribution in [0, 0.1) is 0 Å². The number of thioether (sulfide) groups is 1. The Kier molecular flexibility index (Phi) is 4.41. The first-order valence-corrected chi connectivity index (χ1v) is 6.98. The van der Waals surface area contributed by atoms with Crippen molar-refractivity contribution in [1.29, 1.82) is 0 Å². The van der Waals surface area contributed by atoms with E-state index in [1.54, 1.807) is 18.5 Å². The summed E-state index contributed by atoms with van der Waals surface area (Å²) in [6, 6.07) is 9.24. The number of nitrogens with zero attached hydrogens (tertiary/aromatic N) is 1. The number of hydrogen-bond donors (Lipinski definition) is 2. The predicted molar refractivity (Wildman–Crippen MR) is 76.7 cm³/mol. The zero-order valence-corrected chi connectivity index (χ0v) is 11.3. The van der Waals surface area contributed by atoms with Gasteiger partial charge in [-0.15, -0.1) is 11.8 Å². The third-order valence-corrected chi connectivity index (χ3v) is 3.47. The molecule has 2 aromatic rings. The summed E-state index contributed by atoms with van der Waals surface area (Å²) in [4.78, 5) is 16.1. The van der Waals surface area contributed by atoms with Crippen LogP contribution in [0.1, 0.15) is 15.9 Å². The number of carbonyl (C=O) groups is 1. The fourth-order valence-electron chi connectivity index (χ4n) is 1.77. The van der Waals surface area contributed by atoms with E-state index in [0.717, 1.165) is 10.5 Å². The van der Waals surface area contributed by atoms with Gasteiger partial charge in [0.1, 0.15) is 0 Å². The van der Waals surface area contributed by atoms with Gasteiger partial charge in [-0.2, -0.15) is 0 Å². The molecule has 0 aliphatic heterocycles. The summed E-state index contributed by atoms with van der Waals surface area (Å²) < 4.78 is 0. The molecule has 2 N–H and O–H groups in total. The van der Waals surface area contributed by atoms with Gasteiger partial charge in [-0.1, -0.05) is 6.07 Å². The van der Waals surface area contributed by atoms with E-state index in [1.807, 2.05) is 30.5 Å². The number of carboxylic acids is 1.